The number of carbonyl (C=O) groups is 2. The van der Waals surface area contributed by atoms with Crippen molar-refractivity contribution in [3.63, 3.8) is 0 Å². The summed E-state index contributed by atoms with van der Waals surface area (Å²) in [6.45, 7) is 0. The Hall–Kier alpha value is -1.83. The molecule has 1 saturated carbocycles. The summed E-state index contributed by atoms with van der Waals surface area (Å²) in [7, 11) is 0. The molecule has 0 aromatic carbocycles. The normalized spacial score (nSPS) is 14.1. The van der Waals surface area contributed by atoms with Gasteiger partial charge < -0.3 is 16.0 Å². The highest BCUT2D eigenvalue weighted by Crippen LogP contribution is 2.18. The van der Waals surface area contributed by atoms with Crippen molar-refractivity contribution in [2.45, 2.75) is 30.5 Å². The molecule has 0 aliphatic heterocycles. The Bertz CT molecular complexity index is 553. The quantitative estimate of drug-likeness (QED) is 0.465. The lowest BCUT2D eigenvalue weighted by atomic mass is 10.3. The third kappa shape index (κ3) is 4.74. The van der Waals surface area contributed by atoms with Crippen molar-refractivity contribution >= 4 is 23.6 Å². The Morgan fingerprint density at radius 3 is 2.89 bits per heavy atom. The molecule has 1 aromatic rings. The summed E-state index contributed by atoms with van der Waals surface area (Å²) < 4.78 is 0. The molecule has 0 spiro atoms. The lowest BCUT2D eigenvalue weighted by Crippen LogP contribution is -2.28. The van der Waals surface area contributed by atoms with Crippen LogP contribution in [0.2, 0.25) is 0 Å². The first kappa shape index (κ1) is 13.6. The number of primary amides is 1. The van der Waals surface area contributed by atoms with Crippen LogP contribution in [0, 0.1) is 0 Å². The number of H-pyrrole nitrogens is 1. The molecular formula is C11H14N4O3S. The number of aromatic amines is 1. The van der Waals surface area contributed by atoms with E-state index in [1.807, 2.05) is 0 Å². The molecule has 2 rings (SSSR count). The lowest BCUT2D eigenvalue weighted by molar-refractivity contribution is -0.120. The molecule has 1 aromatic heterocycles. The molecule has 4 N–H and O–H groups in total. The Labute approximate surface area is 113 Å². The summed E-state index contributed by atoms with van der Waals surface area (Å²) in [5.41, 5.74) is 5.05. The van der Waals surface area contributed by atoms with Gasteiger partial charge in [0.15, 0.2) is 5.16 Å². The maximum absolute atomic E-state index is 11.6. The summed E-state index contributed by atoms with van der Waals surface area (Å²) in [6, 6.07) is 1.55. The van der Waals surface area contributed by atoms with Crippen molar-refractivity contribution in [3.05, 3.63) is 22.1 Å². The van der Waals surface area contributed by atoms with Crippen molar-refractivity contribution in [3.8, 4) is 0 Å². The SMILES string of the molecule is NC(=O)CSc1nc(CC(=O)NC2CC2)cc(=O)[nH]1. The Kier molecular flexibility index (Phi) is 4.20. The highest BCUT2D eigenvalue weighted by molar-refractivity contribution is 7.99. The highest BCUT2D eigenvalue weighted by atomic mass is 32.2. The molecule has 0 radical (unpaired) electrons. The van der Waals surface area contributed by atoms with Crippen LogP contribution < -0.4 is 16.6 Å². The zero-order valence-corrected chi connectivity index (χ0v) is 11.0. The molecule has 8 heteroatoms. The van der Waals surface area contributed by atoms with E-state index in [0.29, 0.717) is 10.9 Å². The van der Waals surface area contributed by atoms with Crippen molar-refractivity contribution in [2.75, 3.05) is 5.75 Å². The number of hydrogen-bond donors (Lipinski definition) is 3. The van der Waals surface area contributed by atoms with Crippen molar-refractivity contribution < 1.29 is 9.59 Å². The molecule has 1 aliphatic carbocycles. The molecule has 0 unspecified atom stereocenters. The molecule has 1 heterocycles. The van der Waals surface area contributed by atoms with E-state index in [4.69, 9.17) is 5.73 Å². The van der Waals surface area contributed by atoms with E-state index in [0.717, 1.165) is 24.6 Å². The second kappa shape index (κ2) is 5.87. The van der Waals surface area contributed by atoms with Crippen LogP contribution >= 0.6 is 11.8 Å². The largest absolute Gasteiger partial charge is 0.369 e. The molecule has 102 valence electrons. The molecule has 0 atom stereocenters. The van der Waals surface area contributed by atoms with E-state index in [9.17, 15) is 14.4 Å². The van der Waals surface area contributed by atoms with Gasteiger partial charge in [0.2, 0.25) is 11.8 Å². The zero-order chi connectivity index (χ0) is 13.8. The molecule has 0 bridgehead atoms. The second-order valence-electron chi connectivity index (χ2n) is 4.32. The first-order valence-corrected chi connectivity index (χ1v) is 6.82. The number of nitrogens with two attached hydrogens (primary N) is 1. The first-order valence-electron chi connectivity index (χ1n) is 5.83. The first-order chi connectivity index (χ1) is 9.02. The predicted molar refractivity (Wildman–Crippen MR) is 69.6 cm³/mol. The maximum atomic E-state index is 11.6. The summed E-state index contributed by atoms with van der Waals surface area (Å²) in [5, 5.41) is 3.11. The van der Waals surface area contributed by atoms with Crippen LogP contribution in [-0.2, 0) is 16.0 Å². The minimum Gasteiger partial charge on any atom is -0.369 e. The number of aromatic nitrogens is 2. The van der Waals surface area contributed by atoms with Gasteiger partial charge in [0.1, 0.15) is 0 Å². The van der Waals surface area contributed by atoms with Crippen molar-refractivity contribution in [1.82, 2.24) is 15.3 Å². The third-order valence-electron chi connectivity index (χ3n) is 2.41. The van der Waals surface area contributed by atoms with Gasteiger partial charge >= 0.3 is 0 Å². The van der Waals surface area contributed by atoms with Crippen LogP contribution in [0.1, 0.15) is 18.5 Å². The maximum Gasteiger partial charge on any atom is 0.251 e. The van der Waals surface area contributed by atoms with Gasteiger partial charge in [-0.15, -0.1) is 0 Å². The summed E-state index contributed by atoms with van der Waals surface area (Å²) in [5.74, 6) is -0.614. The number of amides is 2. The van der Waals surface area contributed by atoms with Crippen LogP contribution in [0.15, 0.2) is 16.0 Å². The van der Waals surface area contributed by atoms with Gasteiger partial charge in [-0.05, 0) is 12.8 Å². The van der Waals surface area contributed by atoms with Crippen LogP contribution in [-0.4, -0.2) is 33.6 Å². The van der Waals surface area contributed by atoms with Crippen molar-refractivity contribution in [2.24, 2.45) is 5.73 Å². The average Bonchev–Trinajstić information content (AvgIpc) is 3.09. The highest BCUT2D eigenvalue weighted by Gasteiger charge is 2.23. The van der Waals surface area contributed by atoms with E-state index in [2.05, 4.69) is 15.3 Å². The van der Waals surface area contributed by atoms with E-state index in [1.54, 1.807) is 0 Å². The van der Waals surface area contributed by atoms with Crippen LogP contribution in [0.3, 0.4) is 0 Å². The minimum absolute atomic E-state index is 0.0284. The number of hydrogen-bond acceptors (Lipinski definition) is 5. The van der Waals surface area contributed by atoms with Gasteiger partial charge in [0, 0.05) is 12.1 Å². The van der Waals surface area contributed by atoms with Gasteiger partial charge in [-0.25, -0.2) is 4.98 Å². The number of thioether (sulfide) groups is 1. The smallest absolute Gasteiger partial charge is 0.251 e. The van der Waals surface area contributed by atoms with Gasteiger partial charge in [0.25, 0.3) is 5.56 Å². The average molecular weight is 282 g/mol. The summed E-state index contributed by atoms with van der Waals surface area (Å²) in [6.07, 6.45) is 2.08. The molecule has 0 saturated heterocycles. The second-order valence-corrected chi connectivity index (χ2v) is 5.28. The molecule has 1 fully saturated rings. The van der Waals surface area contributed by atoms with Crippen LogP contribution in [0.5, 0.6) is 0 Å². The van der Waals surface area contributed by atoms with Gasteiger partial charge in [-0.3, -0.25) is 14.4 Å². The topological polar surface area (TPSA) is 118 Å². The molecule has 19 heavy (non-hydrogen) atoms. The van der Waals surface area contributed by atoms with Crippen LogP contribution in [0.4, 0.5) is 0 Å². The van der Waals surface area contributed by atoms with Gasteiger partial charge in [-0.2, -0.15) is 0 Å². The third-order valence-corrected chi connectivity index (χ3v) is 3.30. The fraction of sp³-hybridized carbons (Fsp3) is 0.455. The molecule has 7 nitrogen and oxygen atoms in total. The van der Waals surface area contributed by atoms with Crippen molar-refractivity contribution in [1.29, 1.82) is 0 Å². The number of nitrogens with zero attached hydrogens (tertiary/aromatic N) is 1. The Morgan fingerprint density at radius 1 is 1.53 bits per heavy atom. The van der Waals surface area contributed by atoms with Gasteiger partial charge in [0.05, 0.1) is 17.9 Å². The number of carbonyl (C=O) groups excluding carboxylic acids is 2. The monoisotopic (exact) mass is 282 g/mol. The predicted octanol–water partition coefficient (Wildman–Crippen LogP) is -0.832. The molecule has 2 amide bonds. The fourth-order valence-electron chi connectivity index (χ4n) is 1.45. The van der Waals surface area contributed by atoms with Gasteiger partial charge in [-0.1, -0.05) is 11.8 Å². The van der Waals surface area contributed by atoms with E-state index >= 15 is 0 Å². The van der Waals surface area contributed by atoms with E-state index in [1.165, 1.54) is 6.07 Å². The fourth-order valence-corrected chi connectivity index (χ4v) is 2.09. The standard InChI is InChI=1S/C11H14N4O3S/c12-8(16)5-19-11-14-7(4-10(18)15-11)3-9(17)13-6-1-2-6/h4,6H,1-3,5H2,(H2,12,16)(H,13,17)(H,14,15,18). The molecular weight excluding hydrogens is 268 g/mol. The summed E-state index contributed by atoms with van der Waals surface area (Å²) >= 11 is 1.04. The number of nitrogens with one attached hydrogen (secondary N) is 2. The zero-order valence-electron chi connectivity index (χ0n) is 10.1. The van der Waals surface area contributed by atoms with Crippen LogP contribution in [0.25, 0.3) is 0 Å². The lowest BCUT2D eigenvalue weighted by Gasteiger charge is -2.04. The Balaban J connectivity index is 2.00. The minimum atomic E-state index is -0.496. The molecule has 1 aliphatic rings. The number of rotatable bonds is 6. The summed E-state index contributed by atoms with van der Waals surface area (Å²) in [4.78, 5) is 40.3. The van der Waals surface area contributed by atoms with E-state index < -0.39 is 5.91 Å². The Morgan fingerprint density at radius 2 is 2.26 bits per heavy atom. The van der Waals surface area contributed by atoms with E-state index in [-0.39, 0.29) is 29.7 Å².